The highest BCUT2D eigenvalue weighted by molar-refractivity contribution is 5.98. The predicted molar refractivity (Wildman–Crippen MR) is 63.2 cm³/mol. The average molecular weight is 236 g/mol. The standard InChI is InChI=1S/C13H20N2O2/c1-12(2)7-9(12)15-8-10(16)14-13(11(15)17)5-3-4-6-13/h9H,3-8H2,1-2H3,(H,14,16). The number of carbonyl (C=O) groups is 2. The Morgan fingerprint density at radius 3 is 2.35 bits per heavy atom. The van der Waals surface area contributed by atoms with E-state index in [0.717, 1.165) is 32.1 Å². The van der Waals surface area contributed by atoms with Crippen LogP contribution in [-0.2, 0) is 9.59 Å². The Hall–Kier alpha value is -1.06. The number of nitrogens with one attached hydrogen (secondary N) is 1. The van der Waals surface area contributed by atoms with Gasteiger partial charge in [0.15, 0.2) is 0 Å². The van der Waals surface area contributed by atoms with Crippen LogP contribution in [0.15, 0.2) is 0 Å². The van der Waals surface area contributed by atoms with Crippen molar-refractivity contribution < 1.29 is 9.59 Å². The first kappa shape index (κ1) is 11.1. The molecule has 2 aliphatic carbocycles. The molecule has 94 valence electrons. The number of hydrogen-bond acceptors (Lipinski definition) is 2. The Morgan fingerprint density at radius 1 is 1.24 bits per heavy atom. The molecule has 3 fully saturated rings. The highest BCUT2D eigenvalue weighted by Gasteiger charge is 2.57. The van der Waals surface area contributed by atoms with Gasteiger partial charge in [0, 0.05) is 6.04 Å². The molecule has 0 radical (unpaired) electrons. The molecule has 1 spiro atoms. The third-order valence-electron chi connectivity index (χ3n) is 4.66. The molecule has 4 nitrogen and oxygen atoms in total. The van der Waals surface area contributed by atoms with Crippen LogP contribution in [0.1, 0.15) is 46.0 Å². The molecule has 0 aromatic carbocycles. The van der Waals surface area contributed by atoms with Crippen molar-refractivity contribution in [2.75, 3.05) is 6.54 Å². The van der Waals surface area contributed by atoms with E-state index in [2.05, 4.69) is 19.2 Å². The molecule has 1 atom stereocenters. The molecule has 0 aromatic rings. The second-order valence-electron chi connectivity index (χ2n) is 6.48. The summed E-state index contributed by atoms with van der Waals surface area (Å²) in [6.07, 6.45) is 4.77. The van der Waals surface area contributed by atoms with Crippen LogP contribution >= 0.6 is 0 Å². The lowest BCUT2D eigenvalue weighted by atomic mass is 9.92. The molecule has 1 N–H and O–H groups in total. The fourth-order valence-corrected chi connectivity index (χ4v) is 3.40. The summed E-state index contributed by atoms with van der Waals surface area (Å²) in [6.45, 7) is 4.59. The van der Waals surface area contributed by atoms with Gasteiger partial charge in [-0.05, 0) is 24.7 Å². The summed E-state index contributed by atoms with van der Waals surface area (Å²) in [6, 6.07) is 0.276. The molecule has 1 heterocycles. The van der Waals surface area contributed by atoms with Crippen LogP contribution < -0.4 is 5.32 Å². The molecule has 2 saturated carbocycles. The molecule has 0 bridgehead atoms. The molecule has 2 amide bonds. The van der Waals surface area contributed by atoms with Crippen LogP contribution in [0.4, 0.5) is 0 Å². The van der Waals surface area contributed by atoms with E-state index in [4.69, 9.17) is 0 Å². The number of nitrogens with zero attached hydrogens (tertiary/aromatic N) is 1. The van der Waals surface area contributed by atoms with Gasteiger partial charge >= 0.3 is 0 Å². The van der Waals surface area contributed by atoms with E-state index >= 15 is 0 Å². The molecule has 0 aromatic heterocycles. The maximum absolute atomic E-state index is 12.6. The molecule has 4 heteroatoms. The van der Waals surface area contributed by atoms with E-state index in [1.807, 2.05) is 4.90 Å². The first-order valence-electron chi connectivity index (χ1n) is 6.57. The summed E-state index contributed by atoms with van der Waals surface area (Å²) in [4.78, 5) is 26.2. The fourth-order valence-electron chi connectivity index (χ4n) is 3.40. The first-order valence-corrected chi connectivity index (χ1v) is 6.57. The lowest BCUT2D eigenvalue weighted by Gasteiger charge is -2.40. The van der Waals surface area contributed by atoms with Crippen molar-refractivity contribution in [2.24, 2.45) is 5.41 Å². The van der Waals surface area contributed by atoms with Gasteiger partial charge in [-0.15, -0.1) is 0 Å². The summed E-state index contributed by atoms with van der Waals surface area (Å²) >= 11 is 0. The molecule has 1 unspecified atom stereocenters. The SMILES string of the molecule is CC1(C)CC1N1CC(=O)NC2(CCCC2)C1=O. The van der Waals surface area contributed by atoms with Crippen LogP contribution in [0.5, 0.6) is 0 Å². The first-order chi connectivity index (χ1) is 7.95. The normalized spacial score (nSPS) is 34.0. The average Bonchev–Trinajstić information content (AvgIpc) is 2.70. The van der Waals surface area contributed by atoms with Crippen LogP contribution in [0.3, 0.4) is 0 Å². The Bertz CT molecular complexity index is 383. The summed E-state index contributed by atoms with van der Waals surface area (Å²) < 4.78 is 0. The van der Waals surface area contributed by atoms with Crippen molar-refractivity contribution in [1.82, 2.24) is 10.2 Å². The molecule has 3 aliphatic rings. The van der Waals surface area contributed by atoms with Gasteiger partial charge in [0.05, 0.1) is 6.54 Å². The lowest BCUT2D eigenvalue weighted by Crippen LogP contribution is -2.66. The fraction of sp³-hybridized carbons (Fsp3) is 0.846. The zero-order chi connectivity index (χ0) is 12.3. The highest BCUT2D eigenvalue weighted by atomic mass is 16.2. The number of amides is 2. The van der Waals surface area contributed by atoms with Crippen molar-refractivity contribution in [3.8, 4) is 0 Å². The maximum atomic E-state index is 12.6. The monoisotopic (exact) mass is 236 g/mol. The summed E-state index contributed by atoms with van der Waals surface area (Å²) in [5.74, 6) is 0.194. The van der Waals surface area contributed by atoms with Crippen LogP contribution in [0, 0.1) is 5.41 Å². The van der Waals surface area contributed by atoms with E-state index in [-0.39, 0.29) is 29.8 Å². The molecule has 3 rings (SSSR count). The Balaban J connectivity index is 1.85. The predicted octanol–water partition coefficient (Wildman–Crippen LogP) is 1.06. The molecular weight excluding hydrogens is 216 g/mol. The van der Waals surface area contributed by atoms with E-state index in [9.17, 15) is 9.59 Å². The van der Waals surface area contributed by atoms with Crippen molar-refractivity contribution in [3.05, 3.63) is 0 Å². The van der Waals surface area contributed by atoms with Crippen molar-refractivity contribution in [1.29, 1.82) is 0 Å². The second-order valence-corrected chi connectivity index (χ2v) is 6.48. The smallest absolute Gasteiger partial charge is 0.249 e. The number of carbonyl (C=O) groups excluding carboxylic acids is 2. The van der Waals surface area contributed by atoms with E-state index in [1.165, 1.54) is 0 Å². The van der Waals surface area contributed by atoms with Crippen molar-refractivity contribution in [3.63, 3.8) is 0 Å². The van der Waals surface area contributed by atoms with Gasteiger partial charge in [0.2, 0.25) is 11.8 Å². The third-order valence-corrected chi connectivity index (χ3v) is 4.66. The van der Waals surface area contributed by atoms with Crippen LogP contribution in [0.2, 0.25) is 0 Å². The Kier molecular flexibility index (Phi) is 2.11. The zero-order valence-electron chi connectivity index (χ0n) is 10.6. The van der Waals surface area contributed by atoms with Gasteiger partial charge < -0.3 is 10.2 Å². The lowest BCUT2D eigenvalue weighted by molar-refractivity contribution is -0.150. The van der Waals surface area contributed by atoms with Gasteiger partial charge in [-0.1, -0.05) is 26.7 Å². The minimum Gasteiger partial charge on any atom is -0.340 e. The molecular formula is C13H20N2O2. The van der Waals surface area contributed by atoms with Gasteiger partial charge in [-0.3, -0.25) is 9.59 Å². The largest absolute Gasteiger partial charge is 0.340 e. The minimum atomic E-state index is -0.548. The zero-order valence-corrected chi connectivity index (χ0v) is 10.6. The second kappa shape index (κ2) is 3.24. The van der Waals surface area contributed by atoms with Crippen LogP contribution in [0.25, 0.3) is 0 Å². The number of piperazine rings is 1. The Morgan fingerprint density at radius 2 is 1.82 bits per heavy atom. The maximum Gasteiger partial charge on any atom is 0.249 e. The number of rotatable bonds is 1. The number of hydrogen-bond donors (Lipinski definition) is 1. The summed E-state index contributed by atoms with van der Waals surface area (Å²) in [5, 5.41) is 2.95. The topological polar surface area (TPSA) is 49.4 Å². The molecule has 1 aliphatic heterocycles. The molecule has 17 heavy (non-hydrogen) atoms. The Labute approximate surface area is 102 Å². The quantitative estimate of drug-likeness (QED) is 0.740. The van der Waals surface area contributed by atoms with Gasteiger partial charge in [-0.2, -0.15) is 0 Å². The highest BCUT2D eigenvalue weighted by Crippen LogP contribution is 2.50. The van der Waals surface area contributed by atoms with Gasteiger partial charge in [-0.25, -0.2) is 0 Å². The van der Waals surface area contributed by atoms with Crippen molar-refractivity contribution >= 4 is 11.8 Å². The van der Waals surface area contributed by atoms with Gasteiger partial charge in [0.1, 0.15) is 5.54 Å². The van der Waals surface area contributed by atoms with Gasteiger partial charge in [0.25, 0.3) is 0 Å². The van der Waals surface area contributed by atoms with E-state index < -0.39 is 5.54 Å². The molecule has 1 saturated heterocycles. The van der Waals surface area contributed by atoms with E-state index in [0.29, 0.717) is 0 Å². The van der Waals surface area contributed by atoms with Crippen LogP contribution in [-0.4, -0.2) is 34.8 Å². The van der Waals surface area contributed by atoms with Crippen molar-refractivity contribution in [2.45, 2.75) is 57.5 Å². The minimum absolute atomic E-state index is 0.0224. The third kappa shape index (κ3) is 1.57. The summed E-state index contributed by atoms with van der Waals surface area (Å²) in [7, 11) is 0. The van der Waals surface area contributed by atoms with E-state index in [1.54, 1.807) is 0 Å². The summed E-state index contributed by atoms with van der Waals surface area (Å²) in [5.41, 5.74) is -0.346.